The molecule has 1 spiro atoms. The number of hydrogen-bond acceptors (Lipinski definition) is 4. The lowest BCUT2D eigenvalue weighted by Crippen LogP contribution is -2.36. The highest BCUT2D eigenvalue weighted by molar-refractivity contribution is 7.99. The zero-order valence-electron chi connectivity index (χ0n) is 12.8. The minimum Gasteiger partial charge on any atom is -0.497 e. The van der Waals surface area contributed by atoms with E-state index in [0.29, 0.717) is 5.25 Å². The summed E-state index contributed by atoms with van der Waals surface area (Å²) in [6.45, 7) is 2.94. The van der Waals surface area contributed by atoms with E-state index in [1.807, 2.05) is 23.1 Å². The quantitative estimate of drug-likeness (QED) is 0.907. The fourth-order valence-corrected chi connectivity index (χ4v) is 3.20. The summed E-state index contributed by atoms with van der Waals surface area (Å²) in [5.74, 6) is 1.09. The molecule has 1 amide bonds. The zero-order valence-corrected chi connectivity index (χ0v) is 13.6. The molecule has 1 aliphatic heterocycles. The van der Waals surface area contributed by atoms with E-state index in [9.17, 15) is 4.79 Å². The van der Waals surface area contributed by atoms with Gasteiger partial charge in [0, 0.05) is 11.8 Å². The Labute approximate surface area is 130 Å². The summed E-state index contributed by atoms with van der Waals surface area (Å²) >= 11 is 1.79. The summed E-state index contributed by atoms with van der Waals surface area (Å²) in [5, 5.41) is 3.98. The van der Waals surface area contributed by atoms with Crippen molar-refractivity contribution in [3.05, 3.63) is 29.8 Å². The van der Waals surface area contributed by atoms with Crippen LogP contribution >= 0.6 is 11.8 Å². The third kappa shape index (κ3) is 2.64. The number of benzene rings is 1. The first-order valence-corrected chi connectivity index (χ1v) is 8.64. The molecule has 0 radical (unpaired) electrons. The number of hydrogen-bond donors (Lipinski definition) is 1. The lowest BCUT2D eigenvalue weighted by molar-refractivity contribution is -0.130. The van der Waals surface area contributed by atoms with Crippen LogP contribution in [0.1, 0.15) is 31.5 Å². The van der Waals surface area contributed by atoms with Crippen LogP contribution in [-0.2, 0) is 4.79 Å². The second-order valence-electron chi connectivity index (χ2n) is 5.91. The Bertz CT molecular complexity index is 545. The maximum atomic E-state index is 12.7. The topological polar surface area (TPSA) is 41.6 Å². The lowest BCUT2D eigenvalue weighted by Gasteiger charge is -2.27. The van der Waals surface area contributed by atoms with Crippen LogP contribution in [-0.4, -0.2) is 41.5 Å². The molecule has 5 heteroatoms. The SMILES string of the molecule is COc1cccc(C2NC3(CC3)C(=O)N2CC(C)SC)c1. The first kappa shape index (κ1) is 14.7. The van der Waals surface area contributed by atoms with Crippen LogP contribution in [0.4, 0.5) is 0 Å². The summed E-state index contributed by atoms with van der Waals surface area (Å²) in [6.07, 6.45) is 3.96. The zero-order chi connectivity index (χ0) is 15.0. The molecule has 1 aliphatic carbocycles. The molecule has 4 nitrogen and oxygen atoms in total. The molecule has 1 aromatic rings. The number of carbonyl (C=O) groups is 1. The molecule has 1 aromatic carbocycles. The van der Waals surface area contributed by atoms with Crippen molar-refractivity contribution >= 4 is 17.7 Å². The number of rotatable bonds is 5. The average Bonchev–Trinajstić information content (AvgIpc) is 3.25. The van der Waals surface area contributed by atoms with Crippen LogP contribution < -0.4 is 10.1 Å². The van der Waals surface area contributed by atoms with Crippen molar-refractivity contribution in [1.82, 2.24) is 10.2 Å². The summed E-state index contributed by atoms with van der Waals surface area (Å²) in [6, 6.07) is 7.99. The van der Waals surface area contributed by atoms with Crippen LogP contribution in [0.2, 0.25) is 0 Å². The Balaban J connectivity index is 1.88. The van der Waals surface area contributed by atoms with Crippen molar-refractivity contribution in [3.63, 3.8) is 0 Å². The number of nitrogens with one attached hydrogen (secondary N) is 1. The fourth-order valence-electron chi connectivity index (χ4n) is 2.89. The van der Waals surface area contributed by atoms with Gasteiger partial charge in [0.15, 0.2) is 0 Å². The number of carbonyl (C=O) groups excluding carboxylic acids is 1. The average molecular weight is 306 g/mol. The highest BCUT2D eigenvalue weighted by Gasteiger charge is 2.59. The molecule has 1 N–H and O–H groups in total. The van der Waals surface area contributed by atoms with Gasteiger partial charge in [-0.25, -0.2) is 0 Å². The molecule has 2 unspecified atom stereocenters. The third-order valence-corrected chi connectivity index (χ3v) is 5.36. The molecular formula is C16H22N2O2S. The number of nitrogens with zero attached hydrogens (tertiary/aromatic N) is 1. The van der Waals surface area contributed by atoms with Crippen LogP contribution in [0.15, 0.2) is 24.3 Å². The third-order valence-electron chi connectivity index (χ3n) is 4.41. The number of amides is 1. The van der Waals surface area contributed by atoms with Gasteiger partial charge in [-0.05, 0) is 36.8 Å². The summed E-state index contributed by atoms with van der Waals surface area (Å²) < 4.78 is 5.31. The normalized spacial score (nSPS) is 24.4. The van der Waals surface area contributed by atoms with E-state index >= 15 is 0 Å². The predicted molar refractivity (Wildman–Crippen MR) is 85.5 cm³/mol. The largest absolute Gasteiger partial charge is 0.497 e. The Morgan fingerprint density at radius 2 is 2.29 bits per heavy atom. The highest BCUT2D eigenvalue weighted by Crippen LogP contribution is 2.46. The van der Waals surface area contributed by atoms with Gasteiger partial charge in [0.2, 0.25) is 5.91 Å². The molecule has 1 saturated heterocycles. The van der Waals surface area contributed by atoms with E-state index in [1.165, 1.54) is 0 Å². The molecule has 2 fully saturated rings. The Morgan fingerprint density at radius 3 is 2.90 bits per heavy atom. The fraction of sp³-hybridized carbons (Fsp3) is 0.562. The molecule has 1 saturated carbocycles. The van der Waals surface area contributed by atoms with Crippen molar-refractivity contribution in [3.8, 4) is 5.75 Å². The van der Waals surface area contributed by atoms with Gasteiger partial charge in [-0.2, -0.15) is 11.8 Å². The molecule has 2 aliphatic rings. The van der Waals surface area contributed by atoms with Crippen LogP contribution in [0, 0.1) is 0 Å². The minimum atomic E-state index is -0.286. The summed E-state index contributed by atoms with van der Waals surface area (Å²) in [4.78, 5) is 14.7. The van der Waals surface area contributed by atoms with Gasteiger partial charge in [-0.15, -0.1) is 0 Å². The van der Waals surface area contributed by atoms with Gasteiger partial charge in [-0.3, -0.25) is 10.1 Å². The van der Waals surface area contributed by atoms with E-state index in [1.54, 1.807) is 18.9 Å². The van der Waals surface area contributed by atoms with Crippen molar-refractivity contribution < 1.29 is 9.53 Å². The standard InChI is InChI=1S/C16H22N2O2S/c1-11(21-3)10-18-14(17-16(7-8-16)15(18)19)12-5-4-6-13(9-12)20-2/h4-6,9,11,14,17H,7-8,10H2,1-3H3. The highest BCUT2D eigenvalue weighted by atomic mass is 32.2. The Morgan fingerprint density at radius 1 is 1.52 bits per heavy atom. The maximum Gasteiger partial charge on any atom is 0.244 e. The van der Waals surface area contributed by atoms with Crippen molar-refractivity contribution in [2.75, 3.05) is 19.9 Å². The van der Waals surface area contributed by atoms with Gasteiger partial charge in [0.05, 0.1) is 7.11 Å². The van der Waals surface area contributed by atoms with E-state index in [-0.39, 0.29) is 17.6 Å². The van der Waals surface area contributed by atoms with Gasteiger partial charge in [0.25, 0.3) is 0 Å². The number of methoxy groups -OCH3 is 1. The van der Waals surface area contributed by atoms with Gasteiger partial charge < -0.3 is 9.64 Å². The Hall–Kier alpha value is -1.20. The molecule has 0 aromatic heterocycles. The number of thioether (sulfide) groups is 1. The van der Waals surface area contributed by atoms with E-state index < -0.39 is 0 Å². The lowest BCUT2D eigenvalue weighted by atomic mass is 10.1. The van der Waals surface area contributed by atoms with E-state index in [4.69, 9.17) is 4.74 Å². The van der Waals surface area contributed by atoms with Gasteiger partial charge in [0.1, 0.15) is 17.5 Å². The van der Waals surface area contributed by atoms with Crippen LogP contribution in [0.3, 0.4) is 0 Å². The van der Waals surface area contributed by atoms with Crippen molar-refractivity contribution in [2.45, 2.75) is 36.7 Å². The molecule has 1 heterocycles. The molecule has 3 rings (SSSR count). The first-order chi connectivity index (χ1) is 10.1. The van der Waals surface area contributed by atoms with Crippen molar-refractivity contribution in [2.24, 2.45) is 0 Å². The monoisotopic (exact) mass is 306 g/mol. The second kappa shape index (κ2) is 5.54. The molecule has 114 valence electrons. The predicted octanol–water partition coefficient (Wildman–Crippen LogP) is 2.41. The van der Waals surface area contributed by atoms with Crippen LogP contribution in [0.25, 0.3) is 0 Å². The molecule has 21 heavy (non-hydrogen) atoms. The molecule has 2 atom stereocenters. The number of ether oxygens (including phenoxy) is 1. The van der Waals surface area contributed by atoms with Crippen molar-refractivity contribution in [1.29, 1.82) is 0 Å². The maximum absolute atomic E-state index is 12.7. The summed E-state index contributed by atoms with van der Waals surface area (Å²) in [5.41, 5.74) is 0.811. The van der Waals surface area contributed by atoms with Gasteiger partial charge >= 0.3 is 0 Å². The molecular weight excluding hydrogens is 284 g/mol. The van der Waals surface area contributed by atoms with E-state index in [2.05, 4.69) is 24.6 Å². The van der Waals surface area contributed by atoms with Gasteiger partial charge in [-0.1, -0.05) is 19.1 Å². The molecule has 0 bridgehead atoms. The van der Waals surface area contributed by atoms with Crippen LogP contribution in [0.5, 0.6) is 5.75 Å². The first-order valence-electron chi connectivity index (χ1n) is 7.35. The second-order valence-corrected chi connectivity index (χ2v) is 7.19. The summed E-state index contributed by atoms with van der Waals surface area (Å²) in [7, 11) is 1.67. The van der Waals surface area contributed by atoms with E-state index in [0.717, 1.165) is 30.7 Å². The minimum absolute atomic E-state index is 0.0373. The smallest absolute Gasteiger partial charge is 0.244 e. The Kier molecular flexibility index (Phi) is 3.88.